The normalized spacial score (nSPS) is 13.8. The highest BCUT2D eigenvalue weighted by Crippen LogP contribution is 2.22. The number of rotatable bonds is 2. The maximum Gasteiger partial charge on any atom is 0.488 e. The van der Waals surface area contributed by atoms with Crippen molar-refractivity contribution in [3.05, 3.63) is 18.2 Å². The highest BCUT2D eigenvalue weighted by atomic mass is 16.5. The Morgan fingerprint density at radius 3 is 2.24 bits per heavy atom. The number of hydrogen-bond donors (Lipinski definition) is 3. The van der Waals surface area contributed by atoms with Gasteiger partial charge in [-0.3, -0.25) is 0 Å². The molecule has 1 aliphatic rings. The lowest BCUT2D eigenvalue weighted by Gasteiger charge is -2.04. The molecule has 3 N–H and O–H groups in total. The molecule has 0 radical (unpaired) electrons. The summed E-state index contributed by atoms with van der Waals surface area (Å²) in [6.45, 7) is 2.00. The van der Waals surface area contributed by atoms with Gasteiger partial charge >= 0.3 is 7.12 Å². The molecule has 2 rings (SSSR count). The van der Waals surface area contributed by atoms with Gasteiger partial charge in [0, 0.05) is 13.2 Å². The number of methoxy groups -OCH3 is 1. The fraction of sp³-hybridized carbons (Fsp3) is 0.455. The summed E-state index contributed by atoms with van der Waals surface area (Å²) in [7, 11) is -0.147. The van der Waals surface area contributed by atoms with Crippen LogP contribution in [0.15, 0.2) is 18.2 Å². The minimum atomic E-state index is -1.57. The maximum atomic E-state index is 9.19. The van der Waals surface area contributed by atoms with Crippen molar-refractivity contribution in [3.63, 3.8) is 0 Å². The summed E-state index contributed by atoms with van der Waals surface area (Å²) in [5.74, 6) is 0.197. The van der Waals surface area contributed by atoms with Gasteiger partial charge in [-0.05, 0) is 30.4 Å². The summed E-state index contributed by atoms with van der Waals surface area (Å²) < 4.78 is 9.71. The molecule has 1 fully saturated rings. The molecule has 1 heterocycles. The number of aromatic hydroxyl groups is 1. The second kappa shape index (κ2) is 7.16. The first kappa shape index (κ1) is 13.8. The number of ether oxygens (including phenoxy) is 2. The average molecular weight is 240 g/mol. The maximum absolute atomic E-state index is 9.19. The molecule has 5 nitrogen and oxygen atoms in total. The average Bonchev–Trinajstić information content (AvgIpc) is 2.87. The van der Waals surface area contributed by atoms with Crippen molar-refractivity contribution < 1.29 is 24.6 Å². The fourth-order valence-corrected chi connectivity index (χ4v) is 1.38. The summed E-state index contributed by atoms with van der Waals surface area (Å²) in [4.78, 5) is 0. The molecule has 1 aromatic rings. The molecule has 0 atom stereocenters. The van der Waals surface area contributed by atoms with Crippen molar-refractivity contribution in [1.29, 1.82) is 0 Å². The molecule has 17 heavy (non-hydrogen) atoms. The highest BCUT2D eigenvalue weighted by Gasteiger charge is 2.12. The van der Waals surface area contributed by atoms with Crippen LogP contribution >= 0.6 is 0 Å². The molecule has 0 aliphatic carbocycles. The number of hydrogen-bond acceptors (Lipinski definition) is 5. The summed E-state index contributed by atoms with van der Waals surface area (Å²) in [6.07, 6.45) is 2.56. The van der Waals surface area contributed by atoms with E-state index >= 15 is 0 Å². The third-order valence-corrected chi connectivity index (χ3v) is 2.33. The molecule has 94 valence electrons. The van der Waals surface area contributed by atoms with Crippen LogP contribution in [-0.4, -0.2) is 42.6 Å². The minimum absolute atomic E-state index is 0.108. The first-order chi connectivity index (χ1) is 8.15. The van der Waals surface area contributed by atoms with Crippen LogP contribution < -0.4 is 10.2 Å². The van der Waals surface area contributed by atoms with Crippen LogP contribution in [0.2, 0.25) is 0 Å². The third kappa shape index (κ3) is 4.64. The van der Waals surface area contributed by atoms with Gasteiger partial charge in [-0.2, -0.15) is 0 Å². The van der Waals surface area contributed by atoms with E-state index < -0.39 is 7.12 Å². The van der Waals surface area contributed by atoms with Crippen molar-refractivity contribution in [2.24, 2.45) is 0 Å². The molecule has 1 saturated heterocycles. The van der Waals surface area contributed by atoms with Crippen LogP contribution in [0.1, 0.15) is 12.8 Å². The third-order valence-electron chi connectivity index (χ3n) is 2.33. The Hall–Kier alpha value is -1.24. The molecule has 0 saturated carbocycles. The summed E-state index contributed by atoms with van der Waals surface area (Å²) in [6, 6.07) is 4.16. The highest BCUT2D eigenvalue weighted by molar-refractivity contribution is 6.58. The Labute approximate surface area is 101 Å². The number of phenolic OH excluding ortho intramolecular Hbond substituents is 1. The van der Waals surface area contributed by atoms with E-state index in [1.807, 2.05) is 0 Å². The second-order valence-corrected chi connectivity index (χ2v) is 3.62. The number of phenols is 1. The minimum Gasteiger partial charge on any atom is -0.504 e. The van der Waals surface area contributed by atoms with E-state index in [9.17, 15) is 5.11 Å². The second-order valence-electron chi connectivity index (χ2n) is 3.62. The van der Waals surface area contributed by atoms with Crippen molar-refractivity contribution in [2.45, 2.75) is 12.8 Å². The monoisotopic (exact) mass is 240 g/mol. The molecule has 0 aromatic heterocycles. The zero-order valence-corrected chi connectivity index (χ0v) is 9.80. The van der Waals surface area contributed by atoms with Crippen LogP contribution in [0.3, 0.4) is 0 Å². The Morgan fingerprint density at radius 2 is 1.88 bits per heavy atom. The van der Waals surface area contributed by atoms with Gasteiger partial charge in [-0.25, -0.2) is 0 Å². The van der Waals surface area contributed by atoms with Gasteiger partial charge in [0.2, 0.25) is 0 Å². The quantitative estimate of drug-likeness (QED) is 0.628. The largest absolute Gasteiger partial charge is 0.504 e. The van der Waals surface area contributed by atoms with E-state index in [-0.39, 0.29) is 11.2 Å². The first-order valence-electron chi connectivity index (χ1n) is 5.46. The van der Waals surface area contributed by atoms with Gasteiger partial charge in [-0.1, -0.05) is 6.07 Å². The zero-order valence-electron chi connectivity index (χ0n) is 9.80. The molecule has 0 spiro atoms. The topological polar surface area (TPSA) is 79.2 Å². The van der Waals surface area contributed by atoms with E-state index in [1.54, 1.807) is 0 Å². The lowest BCUT2D eigenvalue weighted by atomic mass is 9.80. The SMILES string of the molecule is C1CCOC1.COc1ccc(B(O)O)cc1O. The van der Waals surface area contributed by atoms with Crippen LogP contribution in [0.5, 0.6) is 11.5 Å². The van der Waals surface area contributed by atoms with Gasteiger partial charge in [0.1, 0.15) is 0 Å². The molecule has 0 bridgehead atoms. The smallest absolute Gasteiger partial charge is 0.488 e. The molecular weight excluding hydrogens is 223 g/mol. The van der Waals surface area contributed by atoms with Gasteiger partial charge in [-0.15, -0.1) is 0 Å². The predicted molar refractivity (Wildman–Crippen MR) is 64.5 cm³/mol. The zero-order chi connectivity index (χ0) is 12.7. The van der Waals surface area contributed by atoms with Crippen molar-refractivity contribution >= 4 is 12.6 Å². The Balaban J connectivity index is 0.000000239. The van der Waals surface area contributed by atoms with Crippen LogP contribution in [0.25, 0.3) is 0 Å². The molecule has 1 aromatic carbocycles. The van der Waals surface area contributed by atoms with Gasteiger partial charge in [0.05, 0.1) is 7.11 Å². The van der Waals surface area contributed by atoms with Crippen LogP contribution in [-0.2, 0) is 4.74 Å². The van der Waals surface area contributed by atoms with E-state index in [4.69, 9.17) is 19.5 Å². The Kier molecular flexibility index (Phi) is 5.83. The lowest BCUT2D eigenvalue weighted by molar-refractivity contribution is 0.198. The summed E-state index contributed by atoms with van der Waals surface area (Å²) in [5.41, 5.74) is 0.230. The Morgan fingerprint density at radius 1 is 1.24 bits per heavy atom. The molecule has 1 aliphatic heterocycles. The van der Waals surface area contributed by atoms with Gasteiger partial charge in [0.15, 0.2) is 11.5 Å². The van der Waals surface area contributed by atoms with E-state index in [0.29, 0.717) is 5.75 Å². The van der Waals surface area contributed by atoms with Crippen molar-refractivity contribution in [2.75, 3.05) is 20.3 Å². The van der Waals surface area contributed by atoms with E-state index in [2.05, 4.69) is 0 Å². The standard InChI is InChI=1S/C7H9BO4.C4H8O/c1-12-7-3-2-5(8(10)11)4-6(7)9;1-2-4-5-3-1/h2-4,9-11H,1H3;1-4H2. The lowest BCUT2D eigenvalue weighted by Crippen LogP contribution is -2.29. The van der Waals surface area contributed by atoms with Gasteiger partial charge in [0.25, 0.3) is 0 Å². The first-order valence-corrected chi connectivity index (χ1v) is 5.46. The van der Waals surface area contributed by atoms with E-state index in [0.717, 1.165) is 13.2 Å². The molecular formula is C11H17BO5. The van der Waals surface area contributed by atoms with Crippen LogP contribution in [0, 0.1) is 0 Å². The van der Waals surface area contributed by atoms with Crippen molar-refractivity contribution in [3.8, 4) is 11.5 Å². The summed E-state index contributed by atoms with van der Waals surface area (Å²) >= 11 is 0. The predicted octanol–water partition coefficient (Wildman–Crippen LogP) is -0.123. The molecule has 0 unspecified atom stereocenters. The van der Waals surface area contributed by atoms with Gasteiger partial charge < -0.3 is 24.6 Å². The van der Waals surface area contributed by atoms with Crippen LogP contribution in [0.4, 0.5) is 0 Å². The number of benzene rings is 1. The molecule has 6 heteroatoms. The van der Waals surface area contributed by atoms with E-state index in [1.165, 1.54) is 38.2 Å². The Bertz CT molecular complexity index is 331. The van der Waals surface area contributed by atoms with Crippen molar-refractivity contribution in [1.82, 2.24) is 0 Å². The summed E-state index contributed by atoms with van der Waals surface area (Å²) in [5, 5.41) is 26.6. The molecule has 0 amide bonds. The fourth-order valence-electron chi connectivity index (χ4n) is 1.38.